The molecule has 0 spiro atoms. The summed E-state index contributed by atoms with van der Waals surface area (Å²) in [6.45, 7) is 9.01. The van der Waals surface area contributed by atoms with Gasteiger partial charge in [0.1, 0.15) is 0 Å². The molecule has 0 amide bonds. The van der Waals surface area contributed by atoms with Gasteiger partial charge in [0.05, 0.1) is 11.4 Å². The second-order valence-electron chi connectivity index (χ2n) is 5.25. The van der Waals surface area contributed by atoms with Gasteiger partial charge < -0.3 is 10.6 Å². The van der Waals surface area contributed by atoms with Crippen LogP contribution in [0.1, 0.15) is 25.8 Å². The average molecular weight is 218 g/mol. The first-order valence-electron chi connectivity index (χ1n) is 6.19. The van der Waals surface area contributed by atoms with Gasteiger partial charge in [-0.3, -0.25) is 0 Å². The fourth-order valence-electron chi connectivity index (χ4n) is 2.49. The first kappa shape index (κ1) is 11.3. The summed E-state index contributed by atoms with van der Waals surface area (Å²) in [4.78, 5) is 2.44. The largest absolute Gasteiger partial charge is 0.397 e. The molecule has 1 aliphatic heterocycles. The predicted molar refractivity (Wildman–Crippen MR) is 70.7 cm³/mol. The van der Waals surface area contributed by atoms with Crippen molar-refractivity contribution in [2.45, 2.75) is 27.2 Å². The smallest absolute Gasteiger partial charge is 0.0602 e. The lowest BCUT2D eigenvalue weighted by Crippen LogP contribution is -2.22. The molecule has 1 unspecified atom stereocenters. The molecule has 1 aromatic carbocycles. The molecule has 0 saturated carbocycles. The van der Waals surface area contributed by atoms with Crippen LogP contribution < -0.4 is 10.6 Å². The van der Waals surface area contributed by atoms with Crippen LogP contribution in [0.2, 0.25) is 0 Å². The van der Waals surface area contributed by atoms with E-state index >= 15 is 0 Å². The molecule has 1 fully saturated rings. The molecule has 88 valence electrons. The van der Waals surface area contributed by atoms with Crippen molar-refractivity contribution in [1.82, 2.24) is 0 Å². The van der Waals surface area contributed by atoms with Crippen molar-refractivity contribution in [2.24, 2.45) is 11.8 Å². The third-order valence-electron chi connectivity index (χ3n) is 3.81. The minimum Gasteiger partial charge on any atom is -0.397 e. The number of anilines is 2. The summed E-state index contributed by atoms with van der Waals surface area (Å²) < 4.78 is 0. The Morgan fingerprint density at radius 1 is 1.38 bits per heavy atom. The molecular formula is C14H22N2. The van der Waals surface area contributed by atoms with Gasteiger partial charge in [-0.15, -0.1) is 0 Å². The lowest BCUT2D eigenvalue weighted by atomic mass is 9.95. The lowest BCUT2D eigenvalue weighted by molar-refractivity contribution is 0.423. The van der Waals surface area contributed by atoms with Crippen LogP contribution in [0.15, 0.2) is 18.2 Å². The van der Waals surface area contributed by atoms with E-state index in [-0.39, 0.29) is 0 Å². The van der Waals surface area contributed by atoms with Gasteiger partial charge in [-0.05, 0) is 36.8 Å². The second kappa shape index (κ2) is 4.36. The standard InChI is InChI=1S/C14H22N2/c1-10(2)12-7-8-16(9-12)13-6-4-5-11(3)14(13)15/h4-6,10,12H,7-9,15H2,1-3H3. The monoisotopic (exact) mass is 218 g/mol. The molecule has 2 rings (SSSR count). The first-order chi connectivity index (χ1) is 7.59. The summed E-state index contributed by atoms with van der Waals surface area (Å²) >= 11 is 0. The maximum absolute atomic E-state index is 6.14. The summed E-state index contributed by atoms with van der Waals surface area (Å²) in [6.07, 6.45) is 1.30. The maximum Gasteiger partial charge on any atom is 0.0602 e. The fraction of sp³-hybridized carbons (Fsp3) is 0.571. The van der Waals surface area contributed by atoms with E-state index in [0.717, 1.165) is 30.6 Å². The van der Waals surface area contributed by atoms with Crippen LogP contribution in [0.5, 0.6) is 0 Å². The number of hydrogen-bond donors (Lipinski definition) is 1. The van der Waals surface area contributed by atoms with Crippen LogP contribution >= 0.6 is 0 Å². The Kier molecular flexibility index (Phi) is 3.08. The van der Waals surface area contributed by atoms with Gasteiger partial charge in [0.15, 0.2) is 0 Å². The van der Waals surface area contributed by atoms with Crippen LogP contribution in [0.4, 0.5) is 11.4 Å². The van der Waals surface area contributed by atoms with Gasteiger partial charge in [0.2, 0.25) is 0 Å². The highest BCUT2D eigenvalue weighted by atomic mass is 15.2. The number of para-hydroxylation sites is 1. The number of hydrogen-bond acceptors (Lipinski definition) is 2. The van der Waals surface area contributed by atoms with Crippen LogP contribution in [0, 0.1) is 18.8 Å². The van der Waals surface area contributed by atoms with E-state index in [1.54, 1.807) is 0 Å². The third kappa shape index (κ3) is 2.01. The molecule has 1 saturated heterocycles. The molecule has 0 aromatic heterocycles. The molecule has 0 bridgehead atoms. The van der Waals surface area contributed by atoms with Gasteiger partial charge in [-0.25, -0.2) is 0 Å². The van der Waals surface area contributed by atoms with Gasteiger partial charge in [0, 0.05) is 13.1 Å². The zero-order valence-electron chi connectivity index (χ0n) is 10.5. The topological polar surface area (TPSA) is 29.3 Å². The number of nitrogens with two attached hydrogens (primary N) is 1. The normalized spacial score (nSPS) is 20.8. The minimum absolute atomic E-state index is 0.774. The van der Waals surface area contributed by atoms with E-state index in [9.17, 15) is 0 Å². The van der Waals surface area contributed by atoms with E-state index in [2.05, 4.69) is 43.9 Å². The SMILES string of the molecule is Cc1cccc(N2CCC(C(C)C)C2)c1N. The van der Waals surface area contributed by atoms with E-state index in [1.165, 1.54) is 17.7 Å². The summed E-state index contributed by atoms with van der Waals surface area (Å²) in [7, 11) is 0. The molecule has 0 radical (unpaired) electrons. The van der Waals surface area contributed by atoms with E-state index in [1.807, 2.05) is 0 Å². The van der Waals surface area contributed by atoms with E-state index in [4.69, 9.17) is 5.73 Å². The molecule has 2 nitrogen and oxygen atoms in total. The minimum atomic E-state index is 0.774. The molecule has 1 aromatic rings. The zero-order chi connectivity index (χ0) is 11.7. The fourth-order valence-corrected chi connectivity index (χ4v) is 2.49. The van der Waals surface area contributed by atoms with Crippen molar-refractivity contribution in [3.05, 3.63) is 23.8 Å². The van der Waals surface area contributed by atoms with Gasteiger partial charge in [-0.2, -0.15) is 0 Å². The summed E-state index contributed by atoms with van der Waals surface area (Å²) in [6, 6.07) is 6.32. The van der Waals surface area contributed by atoms with Crippen LogP contribution in [-0.2, 0) is 0 Å². The quantitative estimate of drug-likeness (QED) is 0.773. The number of aryl methyl sites for hydroxylation is 1. The molecule has 1 heterocycles. The highest BCUT2D eigenvalue weighted by Crippen LogP contribution is 2.32. The first-order valence-corrected chi connectivity index (χ1v) is 6.19. The Morgan fingerprint density at radius 2 is 2.12 bits per heavy atom. The highest BCUT2D eigenvalue weighted by Gasteiger charge is 2.25. The Morgan fingerprint density at radius 3 is 2.75 bits per heavy atom. The van der Waals surface area contributed by atoms with Crippen LogP contribution in [0.25, 0.3) is 0 Å². The Bertz CT molecular complexity index is 371. The predicted octanol–water partition coefficient (Wildman–Crippen LogP) is 3.06. The summed E-state index contributed by atoms with van der Waals surface area (Å²) in [5.41, 5.74) is 9.50. The molecular weight excluding hydrogens is 196 g/mol. The molecule has 1 aliphatic rings. The third-order valence-corrected chi connectivity index (χ3v) is 3.81. The summed E-state index contributed by atoms with van der Waals surface area (Å²) in [5, 5.41) is 0. The Hall–Kier alpha value is -1.18. The second-order valence-corrected chi connectivity index (χ2v) is 5.25. The van der Waals surface area contributed by atoms with E-state index in [0.29, 0.717) is 0 Å². The van der Waals surface area contributed by atoms with Crippen molar-refractivity contribution in [3.8, 4) is 0 Å². The zero-order valence-corrected chi connectivity index (χ0v) is 10.5. The van der Waals surface area contributed by atoms with Crippen molar-refractivity contribution < 1.29 is 0 Å². The summed E-state index contributed by atoms with van der Waals surface area (Å²) in [5.74, 6) is 1.59. The molecule has 2 N–H and O–H groups in total. The molecule has 1 atom stereocenters. The van der Waals surface area contributed by atoms with Gasteiger partial charge in [-0.1, -0.05) is 26.0 Å². The van der Waals surface area contributed by atoms with Crippen molar-refractivity contribution in [2.75, 3.05) is 23.7 Å². The van der Waals surface area contributed by atoms with E-state index < -0.39 is 0 Å². The van der Waals surface area contributed by atoms with Gasteiger partial charge in [0.25, 0.3) is 0 Å². The van der Waals surface area contributed by atoms with Crippen molar-refractivity contribution in [1.29, 1.82) is 0 Å². The number of nitrogens with zero attached hydrogens (tertiary/aromatic N) is 1. The Labute approximate surface area is 98.4 Å². The number of nitrogen functional groups attached to an aromatic ring is 1. The van der Waals surface area contributed by atoms with Gasteiger partial charge >= 0.3 is 0 Å². The number of rotatable bonds is 2. The van der Waals surface area contributed by atoms with Crippen LogP contribution in [0.3, 0.4) is 0 Å². The molecule has 0 aliphatic carbocycles. The average Bonchev–Trinajstić information content (AvgIpc) is 2.71. The highest BCUT2D eigenvalue weighted by molar-refractivity contribution is 5.71. The number of benzene rings is 1. The van der Waals surface area contributed by atoms with Crippen molar-refractivity contribution >= 4 is 11.4 Å². The maximum atomic E-state index is 6.14. The molecule has 16 heavy (non-hydrogen) atoms. The Balaban J connectivity index is 2.17. The van der Waals surface area contributed by atoms with Crippen LogP contribution in [-0.4, -0.2) is 13.1 Å². The van der Waals surface area contributed by atoms with Crippen molar-refractivity contribution in [3.63, 3.8) is 0 Å². The molecule has 2 heteroatoms. The lowest BCUT2D eigenvalue weighted by Gasteiger charge is -2.22.